The fraction of sp³-hybridized carbons (Fsp3) is 0.667. The van der Waals surface area contributed by atoms with Crippen LogP contribution in [0, 0.1) is 11.7 Å². The van der Waals surface area contributed by atoms with E-state index in [1.54, 1.807) is 12.1 Å². The van der Waals surface area contributed by atoms with Crippen molar-refractivity contribution in [1.29, 1.82) is 0 Å². The monoisotopic (exact) mass is 279 g/mol. The summed E-state index contributed by atoms with van der Waals surface area (Å²) in [5.74, 6) is 0.509. The van der Waals surface area contributed by atoms with Gasteiger partial charge in [-0.2, -0.15) is 0 Å². The normalized spacial score (nSPS) is 12.1. The molecule has 0 heterocycles. The summed E-state index contributed by atoms with van der Waals surface area (Å²) in [6.07, 6.45) is 4.61. The number of halogens is 1. The third-order valence-corrected chi connectivity index (χ3v) is 3.93. The zero-order valence-corrected chi connectivity index (χ0v) is 13.5. The molecule has 0 aromatic heterocycles. The van der Waals surface area contributed by atoms with E-state index in [0.717, 1.165) is 38.8 Å². The summed E-state index contributed by atoms with van der Waals surface area (Å²) in [6.45, 7) is 10.9. The summed E-state index contributed by atoms with van der Waals surface area (Å²) in [4.78, 5) is 0. The van der Waals surface area contributed by atoms with Gasteiger partial charge in [0.05, 0.1) is 0 Å². The van der Waals surface area contributed by atoms with Crippen molar-refractivity contribution in [2.75, 3.05) is 13.1 Å². The quantitative estimate of drug-likeness (QED) is 0.677. The van der Waals surface area contributed by atoms with Crippen LogP contribution in [-0.4, -0.2) is 13.1 Å². The van der Waals surface area contributed by atoms with Gasteiger partial charge in [0.2, 0.25) is 0 Å². The van der Waals surface area contributed by atoms with E-state index in [4.69, 9.17) is 0 Å². The van der Waals surface area contributed by atoms with Gasteiger partial charge in [-0.05, 0) is 43.0 Å². The number of benzene rings is 1. The van der Waals surface area contributed by atoms with E-state index in [1.165, 1.54) is 5.56 Å². The maximum absolute atomic E-state index is 13.2. The predicted molar refractivity (Wildman–Crippen MR) is 85.6 cm³/mol. The van der Waals surface area contributed by atoms with Gasteiger partial charge in [-0.25, -0.2) is 4.39 Å². The summed E-state index contributed by atoms with van der Waals surface area (Å²) in [6, 6.07) is 7.13. The first-order chi connectivity index (χ1) is 9.54. The maximum Gasteiger partial charge on any atom is 0.123 e. The first-order valence-electron chi connectivity index (χ1n) is 8.01. The largest absolute Gasteiger partial charge is 0.316 e. The van der Waals surface area contributed by atoms with Crippen LogP contribution in [-0.2, 0) is 5.41 Å². The number of hydrogen-bond acceptors (Lipinski definition) is 1. The Morgan fingerprint density at radius 3 is 2.05 bits per heavy atom. The Kier molecular flexibility index (Phi) is 7.22. The van der Waals surface area contributed by atoms with Crippen molar-refractivity contribution in [1.82, 2.24) is 5.32 Å². The van der Waals surface area contributed by atoms with Crippen molar-refractivity contribution in [2.45, 2.75) is 58.8 Å². The Morgan fingerprint density at radius 2 is 1.60 bits per heavy atom. The molecule has 0 aliphatic rings. The first-order valence-corrected chi connectivity index (χ1v) is 8.01. The molecular weight excluding hydrogens is 249 g/mol. The van der Waals surface area contributed by atoms with E-state index < -0.39 is 0 Å². The molecule has 1 aromatic rings. The molecule has 0 aliphatic heterocycles. The average molecular weight is 279 g/mol. The lowest BCUT2D eigenvalue weighted by molar-refractivity contribution is 0.328. The Labute approximate surface area is 124 Å². The second kappa shape index (κ2) is 8.41. The van der Waals surface area contributed by atoms with Crippen LogP contribution in [0.4, 0.5) is 4.39 Å². The Bertz CT molecular complexity index is 364. The third kappa shape index (κ3) is 4.90. The molecule has 0 saturated carbocycles. The van der Waals surface area contributed by atoms with Gasteiger partial charge < -0.3 is 5.32 Å². The van der Waals surface area contributed by atoms with Gasteiger partial charge in [0.25, 0.3) is 0 Å². The molecule has 0 bridgehead atoms. The summed E-state index contributed by atoms with van der Waals surface area (Å²) < 4.78 is 13.2. The molecule has 0 unspecified atom stereocenters. The molecule has 0 saturated heterocycles. The fourth-order valence-corrected chi connectivity index (χ4v) is 3.05. The zero-order chi connectivity index (χ0) is 15.0. The highest BCUT2D eigenvalue weighted by molar-refractivity contribution is 5.26. The molecule has 1 rings (SSSR count). The molecule has 0 aliphatic carbocycles. The minimum atomic E-state index is -0.147. The molecule has 1 aromatic carbocycles. The van der Waals surface area contributed by atoms with Gasteiger partial charge in [-0.1, -0.05) is 52.7 Å². The molecule has 1 N–H and O–H groups in total. The van der Waals surface area contributed by atoms with Crippen molar-refractivity contribution < 1.29 is 4.39 Å². The minimum absolute atomic E-state index is 0.145. The molecular formula is C18H30FN. The highest BCUT2D eigenvalue weighted by Crippen LogP contribution is 2.34. The van der Waals surface area contributed by atoms with E-state index in [9.17, 15) is 4.39 Å². The fourth-order valence-electron chi connectivity index (χ4n) is 3.05. The van der Waals surface area contributed by atoms with Crippen LogP contribution in [0.15, 0.2) is 24.3 Å². The minimum Gasteiger partial charge on any atom is -0.316 e. The molecule has 0 radical (unpaired) electrons. The molecule has 0 fully saturated rings. The van der Waals surface area contributed by atoms with Gasteiger partial charge in [0.1, 0.15) is 5.82 Å². The van der Waals surface area contributed by atoms with Crippen molar-refractivity contribution >= 4 is 0 Å². The van der Waals surface area contributed by atoms with Crippen LogP contribution in [0.2, 0.25) is 0 Å². The first kappa shape index (κ1) is 17.2. The van der Waals surface area contributed by atoms with Crippen LogP contribution >= 0.6 is 0 Å². The second-order valence-corrected chi connectivity index (χ2v) is 6.31. The Morgan fingerprint density at radius 1 is 1.05 bits per heavy atom. The van der Waals surface area contributed by atoms with Gasteiger partial charge in [-0.3, -0.25) is 0 Å². The van der Waals surface area contributed by atoms with Gasteiger partial charge >= 0.3 is 0 Å². The van der Waals surface area contributed by atoms with E-state index in [-0.39, 0.29) is 11.2 Å². The summed E-state index contributed by atoms with van der Waals surface area (Å²) in [7, 11) is 0. The lowest BCUT2D eigenvalue weighted by Crippen LogP contribution is -2.39. The van der Waals surface area contributed by atoms with Gasteiger partial charge in [-0.15, -0.1) is 0 Å². The summed E-state index contributed by atoms with van der Waals surface area (Å²) in [5.41, 5.74) is 1.42. The van der Waals surface area contributed by atoms with Crippen LogP contribution < -0.4 is 5.32 Å². The van der Waals surface area contributed by atoms with Crippen LogP contribution in [0.3, 0.4) is 0 Å². The second-order valence-electron chi connectivity index (χ2n) is 6.31. The topological polar surface area (TPSA) is 12.0 Å². The molecule has 0 amide bonds. The maximum atomic E-state index is 13.2. The van der Waals surface area contributed by atoms with Crippen LogP contribution in [0.25, 0.3) is 0 Å². The SMILES string of the molecule is CCCC(CCC)(CNCC(C)C)c1ccc(F)cc1. The van der Waals surface area contributed by atoms with E-state index in [2.05, 4.69) is 33.0 Å². The third-order valence-electron chi connectivity index (χ3n) is 3.93. The molecule has 2 heteroatoms. The highest BCUT2D eigenvalue weighted by Gasteiger charge is 2.30. The van der Waals surface area contributed by atoms with Crippen molar-refractivity contribution in [3.05, 3.63) is 35.6 Å². The molecule has 114 valence electrons. The van der Waals surface area contributed by atoms with Crippen molar-refractivity contribution in [2.24, 2.45) is 5.92 Å². The van der Waals surface area contributed by atoms with Crippen LogP contribution in [0.1, 0.15) is 58.9 Å². The Balaban J connectivity index is 2.93. The standard InChI is InChI=1S/C18H30FN/c1-5-11-18(12-6-2,14-20-13-15(3)4)16-7-9-17(19)10-8-16/h7-10,15,20H,5-6,11-14H2,1-4H3. The predicted octanol–water partition coefficient (Wildman–Crippen LogP) is 4.91. The summed E-state index contributed by atoms with van der Waals surface area (Å²) in [5, 5.41) is 3.61. The van der Waals surface area contributed by atoms with E-state index >= 15 is 0 Å². The number of hydrogen-bond donors (Lipinski definition) is 1. The average Bonchev–Trinajstić information content (AvgIpc) is 2.39. The van der Waals surface area contributed by atoms with E-state index in [0.29, 0.717) is 5.92 Å². The molecule has 0 atom stereocenters. The van der Waals surface area contributed by atoms with Gasteiger partial charge in [0, 0.05) is 12.0 Å². The highest BCUT2D eigenvalue weighted by atomic mass is 19.1. The van der Waals surface area contributed by atoms with Crippen LogP contribution in [0.5, 0.6) is 0 Å². The lowest BCUT2D eigenvalue weighted by Gasteiger charge is -2.35. The van der Waals surface area contributed by atoms with E-state index in [1.807, 2.05) is 12.1 Å². The number of rotatable bonds is 9. The lowest BCUT2D eigenvalue weighted by atomic mass is 9.73. The zero-order valence-electron chi connectivity index (χ0n) is 13.5. The molecule has 20 heavy (non-hydrogen) atoms. The van der Waals surface area contributed by atoms with Crippen molar-refractivity contribution in [3.63, 3.8) is 0 Å². The molecule has 0 spiro atoms. The number of nitrogens with one attached hydrogen (secondary N) is 1. The molecule has 1 nitrogen and oxygen atoms in total. The van der Waals surface area contributed by atoms with Gasteiger partial charge in [0.15, 0.2) is 0 Å². The Hall–Kier alpha value is -0.890. The summed E-state index contributed by atoms with van der Waals surface area (Å²) >= 11 is 0. The smallest absolute Gasteiger partial charge is 0.123 e. The van der Waals surface area contributed by atoms with Crippen molar-refractivity contribution in [3.8, 4) is 0 Å².